The number of hydrogen-bond acceptors (Lipinski definition) is 1. The van der Waals surface area contributed by atoms with Gasteiger partial charge in [0.25, 0.3) is 0 Å². The van der Waals surface area contributed by atoms with Gasteiger partial charge in [-0.15, -0.1) is 0 Å². The predicted molar refractivity (Wildman–Crippen MR) is 39.3 cm³/mol. The van der Waals surface area contributed by atoms with E-state index in [1.54, 1.807) is 0 Å². The van der Waals surface area contributed by atoms with Crippen LogP contribution in [0.2, 0.25) is 0 Å². The molecule has 0 aliphatic rings. The van der Waals surface area contributed by atoms with Crippen LogP contribution in [0.15, 0.2) is 24.3 Å². The molecule has 1 aromatic carbocycles. The fourth-order valence-corrected chi connectivity index (χ4v) is 0.872. The maximum Gasteiger partial charge on any atom is 0.00590 e. The maximum absolute atomic E-state index is 5.74. The van der Waals surface area contributed by atoms with Crippen molar-refractivity contribution in [1.29, 1.82) is 0 Å². The average Bonchev–Trinajstić information content (AvgIpc) is 2.37. The first-order valence-corrected chi connectivity index (χ1v) is 3.31. The van der Waals surface area contributed by atoms with Crippen LogP contribution in [0.25, 0.3) is 0 Å². The zero-order valence-electron chi connectivity index (χ0n) is 5.67. The van der Waals surface area contributed by atoms with Gasteiger partial charge in [0.05, 0.1) is 0 Å². The molecule has 1 rings (SSSR count). The first kappa shape index (κ1) is 6.43. The van der Waals surface area contributed by atoms with Gasteiger partial charge in [-0.05, 0) is 6.42 Å². The fourth-order valence-electron chi connectivity index (χ4n) is 0.872. The Hall–Kier alpha value is -0.690. The highest BCUT2D eigenvalue weighted by atomic mass is 14.6. The molecular formula is C8H12N-. The molecule has 0 bridgehead atoms. The van der Waals surface area contributed by atoms with Crippen LogP contribution in [0.5, 0.6) is 0 Å². The number of rotatable bonds is 2. The van der Waals surface area contributed by atoms with E-state index in [1.165, 1.54) is 5.56 Å². The summed E-state index contributed by atoms with van der Waals surface area (Å²) in [6, 6.07) is 8.40. The summed E-state index contributed by atoms with van der Waals surface area (Å²) in [5.41, 5.74) is 6.99. The molecule has 0 aromatic heterocycles. The highest BCUT2D eigenvalue weighted by Crippen LogP contribution is 2.12. The van der Waals surface area contributed by atoms with Crippen molar-refractivity contribution >= 4 is 0 Å². The van der Waals surface area contributed by atoms with Gasteiger partial charge in [0.2, 0.25) is 0 Å². The molecule has 0 spiro atoms. The van der Waals surface area contributed by atoms with Gasteiger partial charge in [-0.3, -0.25) is 0 Å². The van der Waals surface area contributed by atoms with Crippen LogP contribution in [0.4, 0.5) is 0 Å². The lowest BCUT2D eigenvalue weighted by Crippen LogP contribution is -2.06. The Balaban J connectivity index is 2.65. The molecule has 0 radical (unpaired) electrons. The molecule has 50 valence electrons. The van der Waals surface area contributed by atoms with Crippen molar-refractivity contribution in [3.63, 3.8) is 0 Å². The van der Waals surface area contributed by atoms with Crippen molar-refractivity contribution in [2.24, 2.45) is 5.73 Å². The van der Waals surface area contributed by atoms with Crippen LogP contribution in [0, 0.1) is 0 Å². The van der Waals surface area contributed by atoms with Gasteiger partial charge in [0.1, 0.15) is 0 Å². The molecule has 0 fully saturated rings. The van der Waals surface area contributed by atoms with Gasteiger partial charge < -0.3 is 5.73 Å². The minimum atomic E-state index is 0.236. The minimum absolute atomic E-state index is 0.236. The molecule has 0 saturated heterocycles. The van der Waals surface area contributed by atoms with Crippen molar-refractivity contribution in [1.82, 2.24) is 0 Å². The second kappa shape index (κ2) is 2.74. The molecule has 0 aliphatic heterocycles. The fraction of sp³-hybridized carbons (Fsp3) is 0.375. The molecule has 1 nitrogen and oxygen atoms in total. The van der Waals surface area contributed by atoms with E-state index in [4.69, 9.17) is 5.73 Å². The van der Waals surface area contributed by atoms with Crippen molar-refractivity contribution < 1.29 is 0 Å². The zero-order valence-corrected chi connectivity index (χ0v) is 5.67. The second-order valence-corrected chi connectivity index (χ2v) is 2.23. The predicted octanol–water partition coefficient (Wildman–Crippen LogP) is 1.82. The summed E-state index contributed by atoms with van der Waals surface area (Å²) in [6.07, 6.45) is 1.02. The van der Waals surface area contributed by atoms with Crippen molar-refractivity contribution in [2.45, 2.75) is 19.4 Å². The summed E-state index contributed by atoms with van der Waals surface area (Å²) >= 11 is 0. The lowest BCUT2D eigenvalue weighted by atomic mass is 10.1. The third-order valence-corrected chi connectivity index (χ3v) is 1.56. The molecule has 0 unspecified atom stereocenters. The number of hydrogen-bond donors (Lipinski definition) is 1. The highest BCUT2D eigenvalue weighted by molar-refractivity contribution is 5.19. The standard InChI is InChI=1S/C8H12N/c1-2-8(9)7-5-3-4-6-7/h3-6,8H,2,9H2,1H3/q-1/t8-/m1/s1. The number of nitrogens with two attached hydrogens (primary N) is 1. The summed E-state index contributed by atoms with van der Waals surface area (Å²) in [4.78, 5) is 0. The largest absolute Gasteiger partial charge is 0.326 e. The lowest BCUT2D eigenvalue weighted by molar-refractivity contribution is 0.701. The topological polar surface area (TPSA) is 26.0 Å². The monoisotopic (exact) mass is 122 g/mol. The summed E-state index contributed by atoms with van der Waals surface area (Å²) < 4.78 is 0. The van der Waals surface area contributed by atoms with Crippen LogP contribution in [0.3, 0.4) is 0 Å². The van der Waals surface area contributed by atoms with Crippen LogP contribution in [-0.4, -0.2) is 0 Å². The van der Waals surface area contributed by atoms with E-state index >= 15 is 0 Å². The Bertz CT molecular complexity index is 153. The van der Waals surface area contributed by atoms with Gasteiger partial charge in [0, 0.05) is 6.04 Å². The molecule has 1 heteroatoms. The van der Waals surface area contributed by atoms with E-state index in [0.717, 1.165) is 6.42 Å². The molecule has 0 heterocycles. The molecule has 1 aromatic rings. The normalized spacial score (nSPS) is 13.6. The Kier molecular flexibility index (Phi) is 1.96. The van der Waals surface area contributed by atoms with Crippen LogP contribution >= 0.6 is 0 Å². The Morgan fingerprint density at radius 3 is 3.00 bits per heavy atom. The summed E-state index contributed by atoms with van der Waals surface area (Å²) in [5, 5.41) is 0. The smallest absolute Gasteiger partial charge is 0.00590 e. The lowest BCUT2D eigenvalue weighted by Gasteiger charge is -2.09. The quantitative estimate of drug-likeness (QED) is 0.595. The van der Waals surface area contributed by atoms with Gasteiger partial charge >= 0.3 is 0 Å². The molecule has 0 aliphatic carbocycles. The third-order valence-electron chi connectivity index (χ3n) is 1.56. The Labute approximate surface area is 55.9 Å². The van der Waals surface area contributed by atoms with E-state index in [9.17, 15) is 0 Å². The van der Waals surface area contributed by atoms with E-state index < -0.39 is 0 Å². The van der Waals surface area contributed by atoms with Crippen LogP contribution < -0.4 is 5.73 Å². The highest BCUT2D eigenvalue weighted by Gasteiger charge is 1.93. The molecular weight excluding hydrogens is 110 g/mol. The van der Waals surface area contributed by atoms with E-state index in [1.807, 2.05) is 12.1 Å². The third kappa shape index (κ3) is 1.36. The van der Waals surface area contributed by atoms with Gasteiger partial charge in [0.15, 0.2) is 0 Å². The van der Waals surface area contributed by atoms with Crippen molar-refractivity contribution in [3.05, 3.63) is 29.8 Å². The molecule has 9 heavy (non-hydrogen) atoms. The molecule has 2 N–H and O–H groups in total. The van der Waals surface area contributed by atoms with Gasteiger partial charge in [-0.2, -0.15) is 17.7 Å². The minimum Gasteiger partial charge on any atom is -0.326 e. The summed E-state index contributed by atoms with van der Waals surface area (Å²) in [7, 11) is 0. The van der Waals surface area contributed by atoms with E-state index in [0.29, 0.717) is 0 Å². The van der Waals surface area contributed by atoms with Crippen molar-refractivity contribution in [2.75, 3.05) is 0 Å². The zero-order chi connectivity index (χ0) is 6.69. The van der Waals surface area contributed by atoms with Crippen LogP contribution in [0.1, 0.15) is 24.9 Å². The average molecular weight is 122 g/mol. The first-order valence-electron chi connectivity index (χ1n) is 3.31. The summed E-state index contributed by atoms with van der Waals surface area (Å²) in [6.45, 7) is 2.09. The second-order valence-electron chi connectivity index (χ2n) is 2.23. The van der Waals surface area contributed by atoms with Gasteiger partial charge in [-0.25, -0.2) is 12.1 Å². The van der Waals surface area contributed by atoms with Crippen LogP contribution in [-0.2, 0) is 0 Å². The Morgan fingerprint density at radius 1 is 1.78 bits per heavy atom. The molecule has 1 atom stereocenters. The van der Waals surface area contributed by atoms with Crippen molar-refractivity contribution in [3.8, 4) is 0 Å². The summed E-state index contributed by atoms with van der Waals surface area (Å²) in [5.74, 6) is 0. The van der Waals surface area contributed by atoms with E-state index in [2.05, 4.69) is 19.1 Å². The molecule has 0 amide bonds. The maximum atomic E-state index is 5.74. The molecule has 0 saturated carbocycles. The first-order chi connectivity index (χ1) is 4.34. The van der Waals surface area contributed by atoms with Gasteiger partial charge in [-0.1, -0.05) is 6.92 Å². The Morgan fingerprint density at radius 2 is 2.56 bits per heavy atom. The van der Waals surface area contributed by atoms with E-state index in [-0.39, 0.29) is 6.04 Å². The SMILES string of the molecule is CC[C@@H](N)c1ccc[cH-]1.